The van der Waals surface area contributed by atoms with Crippen LogP contribution in [0.5, 0.6) is 0 Å². The Morgan fingerprint density at radius 1 is 1.25 bits per heavy atom. The molecule has 170 valence electrons. The van der Waals surface area contributed by atoms with Crippen molar-refractivity contribution in [3.63, 3.8) is 0 Å². The van der Waals surface area contributed by atoms with Gasteiger partial charge in [0.15, 0.2) is 6.23 Å². The van der Waals surface area contributed by atoms with Gasteiger partial charge < -0.3 is 19.7 Å². The molecule has 0 unspecified atom stereocenters. The summed E-state index contributed by atoms with van der Waals surface area (Å²) in [5.41, 5.74) is 1.42. The van der Waals surface area contributed by atoms with Gasteiger partial charge >= 0.3 is 6.09 Å². The normalized spacial score (nSPS) is 19.9. The third-order valence-electron chi connectivity index (χ3n) is 5.61. The Hall–Kier alpha value is -2.75. The summed E-state index contributed by atoms with van der Waals surface area (Å²) in [4.78, 5) is 26.8. The van der Waals surface area contributed by atoms with Crippen LogP contribution >= 0.6 is 11.6 Å². The lowest BCUT2D eigenvalue weighted by Gasteiger charge is -2.29. The molecule has 4 rings (SSSR count). The fourth-order valence-electron chi connectivity index (χ4n) is 4.01. The van der Waals surface area contributed by atoms with Crippen LogP contribution in [-0.2, 0) is 15.9 Å². The van der Waals surface area contributed by atoms with E-state index in [4.69, 9.17) is 21.1 Å². The zero-order valence-corrected chi connectivity index (χ0v) is 18.0. The lowest BCUT2D eigenvalue weighted by Crippen LogP contribution is -2.46. The molecule has 0 radical (unpaired) electrons. The summed E-state index contributed by atoms with van der Waals surface area (Å²) in [5, 5.41) is 5.56. The van der Waals surface area contributed by atoms with Crippen molar-refractivity contribution in [3.05, 3.63) is 63.7 Å². The molecule has 32 heavy (non-hydrogen) atoms. The smallest absolute Gasteiger partial charge is 0.411 e. The van der Waals surface area contributed by atoms with E-state index in [1.54, 1.807) is 7.05 Å². The second-order valence-electron chi connectivity index (χ2n) is 7.64. The summed E-state index contributed by atoms with van der Waals surface area (Å²) in [6.45, 7) is 1.35. The Labute approximate surface area is 188 Å². The highest BCUT2D eigenvalue weighted by atomic mass is 35.5. The van der Waals surface area contributed by atoms with Gasteiger partial charge in [-0.25, -0.2) is 13.6 Å². The first-order valence-corrected chi connectivity index (χ1v) is 10.5. The maximum absolute atomic E-state index is 14.8. The number of rotatable bonds is 4. The standard InChI is InChI=1S/C22H22ClF2N3O4/c1-28(22(30)32-19-11-31-9-8-26-19)18-7-4-13-14(3-6-17(25)20(13)18)21(29)27-12-2-5-16(24)15(23)10-12/h2-3,5-6,10,18-19,26H,4,7-9,11H2,1H3,(H,27,29)/t18-,19-/m0/s1. The van der Waals surface area contributed by atoms with Crippen molar-refractivity contribution in [2.75, 3.05) is 32.1 Å². The van der Waals surface area contributed by atoms with Crippen molar-refractivity contribution in [2.24, 2.45) is 0 Å². The van der Waals surface area contributed by atoms with Crippen LogP contribution in [0.2, 0.25) is 5.02 Å². The molecular weight excluding hydrogens is 444 g/mol. The number of morpholine rings is 1. The summed E-state index contributed by atoms with van der Waals surface area (Å²) in [6.07, 6.45) is -0.322. The predicted molar refractivity (Wildman–Crippen MR) is 114 cm³/mol. The minimum absolute atomic E-state index is 0.120. The molecule has 0 aromatic heterocycles. The molecule has 1 saturated heterocycles. The summed E-state index contributed by atoms with van der Waals surface area (Å²) in [7, 11) is 1.54. The number of hydrogen-bond donors (Lipinski definition) is 2. The minimum Gasteiger partial charge on any atom is -0.428 e. The number of nitrogens with zero attached hydrogens (tertiary/aromatic N) is 1. The predicted octanol–water partition coefficient (Wildman–Crippen LogP) is 3.87. The van der Waals surface area contributed by atoms with Gasteiger partial charge in [0.1, 0.15) is 11.6 Å². The van der Waals surface area contributed by atoms with Crippen molar-refractivity contribution in [3.8, 4) is 0 Å². The summed E-state index contributed by atoms with van der Waals surface area (Å²) < 4.78 is 38.8. The van der Waals surface area contributed by atoms with E-state index in [0.29, 0.717) is 42.8 Å². The van der Waals surface area contributed by atoms with E-state index in [1.807, 2.05) is 0 Å². The maximum atomic E-state index is 14.8. The third kappa shape index (κ3) is 4.55. The Balaban J connectivity index is 1.53. The van der Waals surface area contributed by atoms with Crippen LogP contribution in [0.25, 0.3) is 0 Å². The van der Waals surface area contributed by atoms with Gasteiger partial charge in [0.25, 0.3) is 5.91 Å². The van der Waals surface area contributed by atoms with Crippen LogP contribution in [0.15, 0.2) is 30.3 Å². The van der Waals surface area contributed by atoms with E-state index in [2.05, 4.69) is 10.6 Å². The molecule has 0 bridgehead atoms. The van der Waals surface area contributed by atoms with Crippen LogP contribution in [0.3, 0.4) is 0 Å². The van der Waals surface area contributed by atoms with E-state index >= 15 is 0 Å². The van der Waals surface area contributed by atoms with Gasteiger partial charge in [-0.3, -0.25) is 10.1 Å². The number of ether oxygens (including phenoxy) is 2. The first kappa shape index (κ1) is 22.4. The van der Waals surface area contributed by atoms with Gasteiger partial charge in [-0.1, -0.05) is 11.6 Å². The second-order valence-corrected chi connectivity index (χ2v) is 8.04. The van der Waals surface area contributed by atoms with E-state index in [0.717, 1.165) is 6.07 Å². The monoisotopic (exact) mass is 465 g/mol. The molecule has 10 heteroatoms. The molecule has 1 fully saturated rings. The zero-order chi connectivity index (χ0) is 22.8. The number of hydrogen-bond acceptors (Lipinski definition) is 5. The first-order valence-electron chi connectivity index (χ1n) is 10.2. The molecule has 2 aromatic carbocycles. The summed E-state index contributed by atoms with van der Waals surface area (Å²) in [5.74, 6) is -1.57. The Bertz CT molecular complexity index is 1050. The minimum atomic E-state index is -0.610. The number of halogens is 3. The van der Waals surface area contributed by atoms with Crippen LogP contribution in [0.4, 0.5) is 19.3 Å². The molecular formula is C22H22ClF2N3O4. The number of amides is 2. The number of carbonyl (C=O) groups is 2. The molecule has 0 spiro atoms. The van der Waals surface area contributed by atoms with Gasteiger partial charge in [-0.2, -0.15) is 0 Å². The number of anilines is 1. The summed E-state index contributed by atoms with van der Waals surface area (Å²) in [6, 6.07) is 5.87. The molecule has 7 nitrogen and oxygen atoms in total. The van der Waals surface area contributed by atoms with Crippen molar-refractivity contribution in [1.29, 1.82) is 0 Å². The largest absolute Gasteiger partial charge is 0.428 e. The highest BCUT2D eigenvalue weighted by Crippen LogP contribution is 2.39. The second kappa shape index (κ2) is 9.40. The highest BCUT2D eigenvalue weighted by molar-refractivity contribution is 6.31. The molecule has 0 saturated carbocycles. The molecule has 2 atom stereocenters. The summed E-state index contributed by atoms with van der Waals surface area (Å²) >= 11 is 5.77. The number of fused-ring (bicyclic) bond motifs is 1. The van der Waals surface area contributed by atoms with Crippen molar-refractivity contribution in [2.45, 2.75) is 25.1 Å². The SMILES string of the molecule is CN(C(=O)O[C@H]1COCCN1)[C@H]1CCc2c(C(=O)Nc3ccc(F)c(Cl)c3)ccc(F)c21. The van der Waals surface area contributed by atoms with Crippen LogP contribution in [0.1, 0.15) is 33.9 Å². The lowest BCUT2D eigenvalue weighted by atomic mass is 10.0. The van der Waals surface area contributed by atoms with Crippen molar-refractivity contribution in [1.82, 2.24) is 10.2 Å². The van der Waals surface area contributed by atoms with E-state index in [9.17, 15) is 18.4 Å². The maximum Gasteiger partial charge on any atom is 0.411 e. The molecule has 1 heterocycles. The Kier molecular flexibility index (Phi) is 6.59. The quantitative estimate of drug-likeness (QED) is 0.716. The number of carbonyl (C=O) groups excluding carboxylic acids is 2. The van der Waals surface area contributed by atoms with Gasteiger partial charge in [0.05, 0.1) is 24.3 Å². The average Bonchev–Trinajstić information content (AvgIpc) is 3.22. The van der Waals surface area contributed by atoms with E-state index in [-0.39, 0.29) is 17.2 Å². The highest BCUT2D eigenvalue weighted by Gasteiger charge is 2.35. The topological polar surface area (TPSA) is 79.9 Å². The van der Waals surface area contributed by atoms with Crippen LogP contribution in [-0.4, -0.2) is 49.9 Å². The molecule has 2 aliphatic rings. The van der Waals surface area contributed by atoms with Crippen LogP contribution in [0, 0.1) is 11.6 Å². The fourth-order valence-corrected chi connectivity index (χ4v) is 4.19. The molecule has 2 amide bonds. The van der Waals surface area contributed by atoms with E-state index < -0.39 is 35.9 Å². The Morgan fingerprint density at radius 2 is 2.03 bits per heavy atom. The first-order chi connectivity index (χ1) is 15.3. The van der Waals surface area contributed by atoms with Crippen LogP contribution < -0.4 is 10.6 Å². The fraction of sp³-hybridized carbons (Fsp3) is 0.364. The molecule has 1 aliphatic heterocycles. The zero-order valence-electron chi connectivity index (χ0n) is 17.3. The molecule has 2 N–H and O–H groups in total. The lowest BCUT2D eigenvalue weighted by molar-refractivity contribution is -0.0380. The van der Waals surface area contributed by atoms with Gasteiger partial charge in [0, 0.05) is 30.4 Å². The average molecular weight is 466 g/mol. The number of benzene rings is 2. The van der Waals surface area contributed by atoms with Gasteiger partial charge in [0.2, 0.25) is 0 Å². The van der Waals surface area contributed by atoms with Crippen molar-refractivity contribution >= 4 is 29.3 Å². The third-order valence-corrected chi connectivity index (χ3v) is 5.90. The Morgan fingerprint density at radius 3 is 2.75 bits per heavy atom. The molecule has 2 aromatic rings. The van der Waals surface area contributed by atoms with Gasteiger partial charge in [-0.05, 0) is 48.7 Å². The van der Waals surface area contributed by atoms with E-state index in [1.165, 1.54) is 29.2 Å². The molecule has 1 aliphatic carbocycles. The van der Waals surface area contributed by atoms with Crippen molar-refractivity contribution < 1.29 is 27.8 Å². The number of nitrogens with one attached hydrogen (secondary N) is 2. The van der Waals surface area contributed by atoms with Gasteiger partial charge in [-0.15, -0.1) is 0 Å².